The van der Waals surface area contributed by atoms with Gasteiger partial charge in [-0.15, -0.1) is 0 Å². The number of aryl methyl sites for hydroxylation is 1. The molecule has 1 amide bonds. The summed E-state index contributed by atoms with van der Waals surface area (Å²) in [6, 6.07) is 12.5. The molecule has 7 heteroatoms. The van der Waals surface area contributed by atoms with E-state index in [2.05, 4.69) is 5.32 Å². The van der Waals surface area contributed by atoms with Crippen LogP contribution in [0.3, 0.4) is 0 Å². The molecule has 0 fully saturated rings. The Hall–Kier alpha value is -2.57. The van der Waals surface area contributed by atoms with Gasteiger partial charge in [0.15, 0.2) is 6.04 Å². The molecule has 2 aromatic rings. The Morgan fingerprint density at radius 2 is 1.70 bits per heavy atom. The molecule has 0 bridgehead atoms. The molecule has 0 heterocycles. The van der Waals surface area contributed by atoms with Crippen molar-refractivity contribution in [3.8, 4) is 5.75 Å². The number of carbonyl (C=O) groups excluding carboxylic acids is 2. The molecule has 0 radical (unpaired) electrons. The average Bonchev–Trinajstić information content (AvgIpc) is 2.70. The van der Waals surface area contributed by atoms with Crippen molar-refractivity contribution >= 4 is 23.5 Å². The molecule has 144 valence electrons. The van der Waals surface area contributed by atoms with Crippen LogP contribution >= 0.6 is 11.6 Å². The molecule has 0 aliphatic rings. The maximum Gasteiger partial charge on any atom is 0.331 e. The van der Waals surface area contributed by atoms with Crippen molar-refractivity contribution in [2.24, 2.45) is 0 Å². The Balaban J connectivity index is 2.02. The number of esters is 1. The molecule has 0 saturated carbocycles. The molecule has 2 rings (SSSR count). The lowest BCUT2D eigenvalue weighted by molar-refractivity contribution is -0.148. The first-order chi connectivity index (χ1) is 12.9. The van der Waals surface area contributed by atoms with E-state index in [9.17, 15) is 14.7 Å². The standard InChI is InChI=1S/C20H22ClNO5/c1-26-16-10-6-14(7-11-16)19(24)18(20(25)27-2)22-17(23)12-5-13-3-8-15(21)9-4-13/h3-4,6-11,18-19,24H,5,12H2,1-2H3,(H,22,23). The van der Waals surface area contributed by atoms with E-state index in [0.29, 0.717) is 22.8 Å². The van der Waals surface area contributed by atoms with Crippen LogP contribution in [0.15, 0.2) is 48.5 Å². The first-order valence-electron chi connectivity index (χ1n) is 8.38. The van der Waals surface area contributed by atoms with Crippen LogP contribution in [-0.2, 0) is 20.7 Å². The van der Waals surface area contributed by atoms with Crippen molar-refractivity contribution in [1.82, 2.24) is 5.32 Å². The zero-order valence-electron chi connectivity index (χ0n) is 15.1. The SMILES string of the molecule is COC(=O)C(NC(=O)CCc1ccc(Cl)cc1)C(O)c1ccc(OC)cc1. The van der Waals surface area contributed by atoms with E-state index in [1.165, 1.54) is 14.2 Å². The van der Waals surface area contributed by atoms with Gasteiger partial charge in [-0.1, -0.05) is 35.9 Å². The van der Waals surface area contributed by atoms with Crippen LogP contribution in [0.25, 0.3) is 0 Å². The summed E-state index contributed by atoms with van der Waals surface area (Å²) in [7, 11) is 2.74. The van der Waals surface area contributed by atoms with Crippen LogP contribution in [0.5, 0.6) is 5.75 Å². The van der Waals surface area contributed by atoms with Crippen LogP contribution in [0.1, 0.15) is 23.7 Å². The van der Waals surface area contributed by atoms with Crippen molar-refractivity contribution in [3.05, 3.63) is 64.7 Å². The predicted octanol–water partition coefficient (Wildman–Crippen LogP) is 2.67. The molecule has 2 unspecified atom stereocenters. The Morgan fingerprint density at radius 3 is 2.26 bits per heavy atom. The normalized spacial score (nSPS) is 12.7. The van der Waals surface area contributed by atoms with Crippen molar-refractivity contribution in [3.63, 3.8) is 0 Å². The minimum atomic E-state index is -1.25. The van der Waals surface area contributed by atoms with E-state index >= 15 is 0 Å². The highest BCUT2D eigenvalue weighted by Crippen LogP contribution is 2.21. The van der Waals surface area contributed by atoms with Gasteiger partial charge in [-0.25, -0.2) is 4.79 Å². The minimum Gasteiger partial charge on any atom is -0.497 e. The number of aliphatic hydroxyl groups is 1. The fourth-order valence-corrected chi connectivity index (χ4v) is 2.67. The third-order valence-corrected chi connectivity index (χ3v) is 4.35. The van der Waals surface area contributed by atoms with Crippen LogP contribution < -0.4 is 10.1 Å². The highest BCUT2D eigenvalue weighted by Gasteiger charge is 2.30. The van der Waals surface area contributed by atoms with Gasteiger partial charge >= 0.3 is 5.97 Å². The summed E-state index contributed by atoms with van der Waals surface area (Å²) >= 11 is 5.84. The summed E-state index contributed by atoms with van der Waals surface area (Å²) in [6.45, 7) is 0. The van der Waals surface area contributed by atoms with Gasteiger partial charge in [0.1, 0.15) is 11.9 Å². The van der Waals surface area contributed by atoms with Crippen LogP contribution in [-0.4, -0.2) is 37.2 Å². The molecule has 0 spiro atoms. The molecule has 2 N–H and O–H groups in total. The summed E-state index contributed by atoms with van der Waals surface area (Å²) < 4.78 is 9.80. The average molecular weight is 392 g/mol. The van der Waals surface area contributed by atoms with E-state index in [-0.39, 0.29) is 12.3 Å². The van der Waals surface area contributed by atoms with Crippen LogP contribution in [0.2, 0.25) is 5.02 Å². The van der Waals surface area contributed by atoms with Gasteiger partial charge < -0.3 is 19.9 Å². The van der Waals surface area contributed by atoms with E-state index in [4.69, 9.17) is 21.1 Å². The number of hydrogen-bond donors (Lipinski definition) is 2. The Morgan fingerprint density at radius 1 is 1.07 bits per heavy atom. The molecule has 0 aliphatic heterocycles. The highest BCUT2D eigenvalue weighted by molar-refractivity contribution is 6.30. The molecule has 27 heavy (non-hydrogen) atoms. The third kappa shape index (κ3) is 5.98. The van der Waals surface area contributed by atoms with Gasteiger partial charge in [0.2, 0.25) is 5.91 Å². The number of carbonyl (C=O) groups is 2. The highest BCUT2D eigenvalue weighted by atomic mass is 35.5. The lowest BCUT2D eigenvalue weighted by Crippen LogP contribution is -2.45. The monoisotopic (exact) mass is 391 g/mol. The first-order valence-corrected chi connectivity index (χ1v) is 8.76. The number of hydrogen-bond acceptors (Lipinski definition) is 5. The zero-order chi connectivity index (χ0) is 19.8. The van der Waals surface area contributed by atoms with Crippen LogP contribution in [0, 0.1) is 0 Å². The van der Waals surface area contributed by atoms with Gasteiger partial charge in [-0.3, -0.25) is 4.79 Å². The molecular formula is C20H22ClNO5. The predicted molar refractivity (Wildman–Crippen MR) is 102 cm³/mol. The Kier molecular flexibility index (Phi) is 7.64. The molecule has 6 nitrogen and oxygen atoms in total. The fraction of sp³-hybridized carbons (Fsp3) is 0.300. The first kappa shape index (κ1) is 20.7. The maximum atomic E-state index is 12.3. The fourth-order valence-electron chi connectivity index (χ4n) is 2.54. The number of methoxy groups -OCH3 is 2. The van der Waals surface area contributed by atoms with Gasteiger partial charge in [0, 0.05) is 11.4 Å². The topological polar surface area (TPSA) is 84.9 Å². The van der Waals surface area contributed by atoms with Gasteiger partial charge in [-0.2, -0.15) is 0 Å². The summed E-state index contributed by atoms with van der Waals surface area (Å²) in [6.07, 6.45) is -0.608. The summed E-state index contributed by atoms with van der Waals surface area (Å²) in [5, 5.41) is 13.7. The molecule has 2 aromatic carbocycles. The Labute approximate surface area is 163 Å². The molecule has 0 aromatic heterocycles. The maximum absolute atomic E-state index is 12.3. The Bertz CT molecular complexity index is 761. The largest absolute Gasteiger partial charge is 0.497 e. The zero-order valence-corrected chi connectivity index (χ0v) is 15.9. The van der Waals surface area contributed by atoms with Crippen LogP contribution in [0.4, 0.5) is 0 Å². The number of amides is 1. The second kappa shape index (κ2) is 9.94. The van der Waals surface area contributed by atoms with E-state index in [0.717, 1.165) is 5.56 Å². The van der Waals surface area contributed by atoms with E-state index in [1.54, 1.807) is 36.4 Å². The molecular weight excluding hydrogens is 370 g/mol. The molecule has 0 saturated heterocycles. The van der Waals surface area contributed by atoms with Crippen molar-refractivity contribution in [1.29, 1.82) is 0 Å². The minimum absolute atomic E-state index is 0.157. The summed E-state index contributed by atoms with van der Waals surface area (Å²) in [4.78, 5) is 24.3. The van der Waals surface area contributed by atoms with E-state index < -0.39 is 18.1 Å². The number of aliphatic hydroxyl groups excluding tert-OH is 1. The smallest absolute Gasteiger partial charge is 0.331 e. The molecule has 0 aliphatic carbocycles. The lowest BCUT2D eigenvalue weighted by atomic mass is 10.0. The van der Waals surface area contributed by atoms with Gasteiger partial charge in [0.05, 0.1) is 14.2 Å². The number of ether oxygens (including phenoxy) is 2. The number of rotatable bonds is 8. The van der Waals surface area contributed by atoms with Crippen molar-refractivity contribution < 1.29 is 24.2 Å². The lowest BCUT2D eigenvalue weighted by Gasteiger charge is -2.22. The number of benzene rings is 2. The molecule has 2 atom stereocenters. The number of nitrogens with one attached hydrogen (secondary N) is 1. The van der Waals surface area contributed by atoms with Gasteiger partial charge in [0.25, 0.3) is 0 Å². The number of halogens is 1. The van der Waals surface area contributed by atoms with E-state index in [1.807, 2.05) is 12.1 Å². The third-order valence-electron chi connectivity index (χ3n) is 4.10. The quantitative estimate of drug-likeness (QED) is 0.676. The second-order valence-corrected chi connectivity index (χ2v) is 6.35. The van der Waals surface area contributed by atoms with Gasteiger partial charge in [-0.05, 0) is 41.8 Å². The van der Waals surface area contributed by atoms with Crippen molar-refractivity contribution in [2.45, 2.75) is 25.0 Å². The summed E-state index contributed by atoms with van der Waals surface area (Å²) in [5.74, 6) is -0.473. The summed E-state index contributed by atoms with van der Waals surface area (Å²) in [5.41, 5.74) is 1.41. The second-order valence-electron chi connectivity index (χ2n) is 5.91. The van der Waals surface area contributed by atoms with Crippen molar-refractivity contribution in [2.75, 3.05) is 14.2 Å².